The maximum absolute atomic E-state index is 12.1. The number of carboxylic acids is 1. The van der Waals surface area contributed by atoms with Crippen molar-refractivity contribution >= 4 is 23.6 Å². The van der Waals surface area contributed by atoms with Crippen LogP contribution in [0.25, 0.3) is 0 Å². The Kier molecular flexibility index (Phi) is 4.14. The average Bonchev–Trinajstić information content (AvgIpc) is 2.64. The van der Waals surface area contributed by atoms with E-state index in [0.29, 0.717) is 0 Å². The van der Waals surface area contributed by atoms with E-state index in [0.717, 1.165) is 11.1 Å². The number of rotatable bonds is 4. The number of amides is 1. The minimum absolute atomic E-state index is 0.0125. The first-order chi connectivity index (χ1) is 9.00. The molecule has 102 valence electrons. The van der Waals surface area contributed by atoms with Gasteiger partial charge in [0.25, 0.3) is 0 Å². The number of nitrogens with zero attached hydrogens (tertiary/aromatic N) is 1. The molecule has 1 aliphatic heterocycles. The second kappa shape index (κ2) is 5.65. The lowest BCUT2D eigenvalue weighted by atomic mass is 10.1. The molecule has 0 unspecified atom stereocenters. The van der Waals surface area contributed by atoms with Gasteiger partial charge in [0.2, 0.25) is 5.91 Å². The van der Waals surface area contributed by atoms with Gasteiger partial charge >= 0.3 is 5.97 Å². The Morgan fingerprint density at radius 1 is 1.42 bits per heavy atom. The highest BCUT2D eigenvalue weighted by Crippen LogP contribution is 2.43. The zero-order valence-corrected chi connectivity index (χ0v) is 11.8. The summed E-state index contributed by atoms with van der Waals surface area (Å²) >= 11 is 1.58. The molecular weight excluding hydrogens is 262 g/mol. The predicted octanol–water partition coefficient (Wildman–Crippen LogP) is 2.43. The summed E-state index contributed by atoms with van der Waals surface area (Å²) < 4.78 is 0. The van der Waals surface area contributed by atoms with E-state index in [1.165, 1.54) is 0 Å². The summed E-state index contributed by atoms with van der Waals surface area (Å²) in [6, 6.07) is 7.93. The largest absolute Gasteiger partial charge is 0.481 e. The number of hydrogen-bond acceptors (Lipinski definition) is 3. The van der Waals surface area contributed by atoms with Crippen molar-refractivity contribution in [2.75, 3.05) is 6.54 Å². The van der Waals surface area contributed by atoms with Gasteiger partial charge in [-0.3, -0.25) is 9.59 Å². The quantitative estimate of drug-likeness (QED) is 0.919. The first-order valence-corrected chi connectivity index (χ1v) is 7.18. The van der Waals surface area contributed by atoms with E-state index in [2.05, 4.69) is 0 Å². The maximum atomic E-state index is 12.1. The molecule has 1 aliphatic rings. The third-order valence-electron chi connectivity index (χ3n) is 3.27. The number of thioether (sulfide) groups is 1. The van der Waals surface area contributed by atoms with E-state index in [1.807, 2.05) is 38.1 Å². The molecule has 1 fully saturated rings. The molecule has 0 saturated carbocycles. The Labute approximate surface area is 116 Å². The molecule has 2 rings (SSSR count). The van der Waals surface area contributed by atoms with Gasteiger partial charge in [0.05, 0.1) is 11.7 Å². The lowest BCUT2D eigenvalue weighted by molar-refractivity contribution is -0.138. The Bertz CT molecular complexity index is 503. The van der Waals surface area contributed by atoms with Gasteiger partial charge in [-0.05, 0) is 25.0 Å². The Balaban J connectivity index is 2.25. The van der Waals surface area contributed by atoms with Crippen LogP contribution in [0.2, 0.25) is 0 Å². The Hall–Kier alpha value is -1.49. The smallest absolute Gasteiger partial charge is 0.305 e. The van der Waals surface area contributed by atoms with Crippen molar-refractivity contribution in [3.8, 4) is 0 Å². The van der Waals surface area contributed by atoms with Gasteiger partial charge in [-0.1, -0.05) is 24.3 Å². The molecule has 1 aromatic rings. The molecular formula is C14H17NO3S. The zero-order valence-electron chi connectivity index (χ0n) is 11.0. The fourth-order valence-electron chi connectivity index (χ4n) is 2.22. The van der Waals surface area contributed by atoms with Gasteiger partial charge in [-0.15, -0.1) is 11.8 Å². The molecule has 19 heavy (non-hydrogen) atoms. The third-order valence-corrected chi connectivity index (χ3v) is 4.64. The standard InChI is InChI=1S/C14H17NO3S/c1-9-5-3-4-6-11(9)14-15(8-7-12(16)17)13(18)10(2)19-14/h3-6,10,14H,7-8H2,1-2H3,(H,16,17)/t10-,14+/m1/s1. The van der Waals surface area contributed by atoms with Crippen LogP contribution in [0.4, 0.5) is 0 Å². The molecule has 0 bridgehead atoms. The van der Waals surface area contributed by atoms with Gasteiger partial charge in [0, 0.05) is 6.54 Å². The summed E-state index contributed by atoms with van der Waals surface area (Å²) in [5, 5.41) is 8.61. The molecule has 1 aromatic carbocycles. The van der Waals surface area contributed by atoms with Crippen LogP contribution in [0.15, 0.2) is 24.3 Å². The molecule has 0 radical (unpaired) electrons. The number of carbonyl (C=O) groups excluding carboxylic acids is 1. The summed E-state index contributed by atoms with van der Waals surface area (Å²) in [7, 11) is 0. The first kappa shape index (κ1) is 13.9. The van der Waals surface area contributed by atoms with Crippen LogP contribution in [0.1, 0.15) is 29.8 Å². The highest BCUT2D eigenvalue weighted by atomic mass is 32.2. The molecule has 1 heterocycles. The normalized spacial score (nSPS) is 22.8. The van der Waals surface area contributed by atoms with Crippen molar-refractivity contribution in [3.05, 3.63) is 35.4 Å². The summed E-state index contributed by atoms with van der Waals surface area (Å²) in [5.41, 5.74) is 2.22. The fourth-order valence-corrected chi connectivity index (χ4v) is 3.63. The SMILES string of the molecule is Cc1ccccc1[C@@H]1S[C@H](C)C(=O)N1CCC(=O)O. The monoisotopic (exact) mass is 279 g/mol. The summed E-state index contributed by atoms with van der Waals surface area (Å²) in [5.74, 6) is -0.847. The van der Waals surface area contributed by atoms with E-state index in [9.17, 15) is 9.59 Å². The second-order valence-electron chi connectivity index (χ2n) is 4.66. The second-order valence-corrected chi connectivity index (χ2v) is 6.09. The lowest BCUT2D eigenvalue weighted by Gasteiger charge is -2.24. The van der Waals surface area contributed by atoms with Crippen molar-refractivity contribution in [2.45, 2.75) is 30.9 Å². The van der Waals surface area contributed by atoms with Gasteiger partial charge in [0.15, 0.2) is 0 Å². The molecule has 0 aromatic heterocycles. The van der Waals surface area contributed by atoms with Crippen LogP contribution >= 0.6 is 11.8 Å². The van der Waals surface area contributed by atoms with Crippen molar-refractivity contribution in [1.29, 1.82) is 0 Å². The fraction of sp³-hybridized carbons (Fsp3) is 0.429. The predicted molar refractivity (Wildman–Crippen MR) is 74.9 cm³/mol. The minimum atomic E-state index is -0.874. The van der Waals surface area contributed by atoms with Gasteiger partial charge < -0.3 is 10.0 Å². The van der Waals surface area contributed by atoms with Crippen LogP contribution in [0.5, 0.6) is 0 Å². The van der Waals surface area contributed by atoms with E-state index < -0.39 is 5.97 Å². The molecule has 1 amide bonds. The van der Waals surface area contributed by atoms with Crippen molar-refractivity contribution < 1.29 is 14.7 Å². The van der Waals surface area contributed by atoms with Crippen LogP contribution in [0, 0.1) is 6.92 Å². The molecule has 2 atom stereocenters. The van der Waals surface area contributed by atoms with E-state index in [4.69, 9.17) is 5.11 Å². The third kappa shape index (κ3) is 2.92. The summed E-state index contributed by atoms with van der Waals surface area (Å²) in [6.45, 7) is 4.16. The molecule has 1 N–H and O–H groups in total. The molecule has 1 saturated heterocycles. The van der Waals surface area contributed by atoms with Crippen LogP contribution in [-0.4, -0.2) is 33.7 Å². The molecule has 0 aliphatic carbocycles. The van der Waals surface area contributed by atoms with Crippen LogP contribution < -0.4 is 0 Å². The molecule has 5 heteroatoms. The maximum Gasteiger partial charge on any atom is 0.305 e. The van der Waals surface area contributed by atoms with Gasteiger partial charge in [0.1, 0.15) is 5.37 Å². The Morgan fingerprint density at radius 2 is 2.11 bits per heavy atom. The Morgan fingerprint density at radius 3 is 2.74 bits per heavy atom. The van der Waals surface area contributed by atoms with E-state index in [1.54, 1.807) is 16.7 Å². The summed E-state index contributed by atoms with van der Waals surface area (Å²) in [4.78, 5) is 24.5. The number of aryl methyl sites for hydroxylation is 1. The van der Waals surface area contributed by atoms with Gasteiger partial charge in [-0.25, -0.2) is 0 Å². The molecule has 4 nitrogen and oxygen atoms in total. The van der Waals surface area contributed by atoms with E-state index >= 15 is 0 Å². The number of carboxylic acid groups (broad SMARTS) is 1. The van der Waals surface area contributed by atoms with Crippen molar-refractivity contribution in [1.82, 2.24) is 4.90 Å². The number of benzene rings is 1. The van der Waals surface area contributed by atoms with E-state index in [-0.39, 0.29) is 29.5 Å². The number of carbonyl (C=O) groups is 2. The van der Waals surface area contributed by atoms with Crippen LogP contribution in [-0.2, 0) is 9.59 Å². The number of hydrogen-bond donors (Lipinski definition) is 1. The highest BCUT2D eigenvalue weighted by molar-refractivity contribution is 8.01. The first-order valence-electron chi connectivity index (χ1n) is 6.24. The highest BCUT2D eigenvalue weighted by Gasteiger charge is 2.38. The zero-order chi connectivity index (χ0) is 14.0. The van der Waals surface area contributed by atoms with Crippen molar-refractivity contribution in [2.24, 2.45) is 0 Å². The lowest BCUT2D eigenvalue weighted by Crippen LogP contribution is -2.32. The molecule has 0 spiro atoms. The summed E-state index contributed by atoms with van der Waals surface area (Å²) in [6.07, 6.45) is -0.0125. The average molecular weight is 279 g/mol. The van der Waals surface area contributed by atoms with Gasteiger partial charge in [-0.2, -0.15) is 0 Å². The number of aliphatic carboxylic acids is 1. The minimum Gasteiger partial charge on any atom is -0.481 e. The van der Waals surface area contributed by atoms with Crippen molar-refractivity contribution in [3.63, 3.8) is 0 Å². The topological polar surface area (TPSA) is 57.6 Å². The van der Waals surface area contributed by atoms with Crippen LogP contribution in [0.3, 0.4) is 0 Å².